The van der Waals surface area contributed by atoms with Crippen molar-refractivity contribution in [1.29, 1.82) is 5.26 Å². The smallest absolute Gasteiger partial charge is 0.296 e. The number of hydrogen-bond acceptors (Lipinski definition) is 3. The zero-order valence-corrected chi connectivity index (χ0v) is 16.2. The minimum atomic E-state index is -3.47. The van der Waals surface area contributed by atoms with E-state index in [1.54, 1.807) is 12.1 Å². The van der Waals surface area contributed by atoms with E-state index in [1.807, 2.05) is 31.2 Å². The normalized spacial score (nSPS) is 18.6. The summed E-state index contributed by atoms with van der Waals surface area (Å²) in [4.78, 5) is 14.2. The molecule has 0 aromatic heterocycles. The molecule has 2 aliphatic rings. The van der Waals surface area contributed by atoms with E-state index in [9.17, 15) is 13.6 Å². The molecule has 0 bridgehead atoms. The fourth-order valence-electron chi connectivity index (χ4n) is 4.39. The lowest BCUT2D eigenvalue weighted by atomic mass is 9.28. The Bertz CT molecular complexity index is 963. The van der Waals surface area contributed by atoms with Crippen LogP contribution in [-0.4, -0.2) is 35.6 Å². The van der Waals surface area contributed by atoms with E-state index in [1.165, 1.54) is 17.0 Å². The summed E-state index contributed by atoms with van der Waals surface area (Å²) in [5.41, 5.74) is 7.94. The molecule has 2 aromatic carbocycles. The molecular formula is C22H22BF2N3O. The highest BCUT2D eigenvalue weighted by molar-refractivity contribution is 6.70. The lowest BCUT2D eigenvalue weighted by molar-refractivity contribution is -0.157. The number of aryl methyl sites for hydroxylation is 1. The number of nitrogens with zero attached hydrogens (tertiary/aromatic N) is 2. The summed E-state index contributed by atoms with van der Waals surface area (Å²) in [5.74, 6) is -2.04. The highest BCUT2D eigenvalue weighted by atomic mass is 19.3. The number of rotatable bonds is 4. The number of carbonyl (C=O) groups is 1. The van der Waals surface area contributed by atoms with Gasteiger partial charge in [0.05, 0.1) is 0 Å². The highest BCUT2D eigenvalue weighted by Crippen LogP contribution is 2.49. The standard InChI is InChI=1S/C22H22BF2N3O/c1-15-2-4-16(5-3-15)17-6-8-18(9-7-17)22(24,25)19(27)20(29)28-11-10-21(28)12-23(13-21)14-26/h2-9,19H,10-13,27H2,1H3. The lowest BCUT2D eigenvalue weighted by Crippen LogP contribution is -2.72. The maximum Gasteiger partial charge on any atom is 0.296 e. The van der Waals surface area contributed by atoms with Crippen LogP contribution in [0.1, 0.15) is 17.5 Å². The number of halogens is 2. The number of carbonyl (C=O) groups excluding carboxylic acids is 1. The third-order valence-corrected chi connectivity index (χ3v) is 6.39. The average Bonchev–Trinajstić information content (AvgIpc) is 2.66. The molecule has 2 N–H and O–H groups in total. The van der Waals surface area contributed by atoms with Crippen LogP contribution in [0.25, 0.3) is 11.1 Å². The van der Waals surface area contributed by atoms with E-state index in [-0.39, 0.29) is 12.3 Å². The first-order valence-corrected chi connectivity index (χ1v) is 9.79. The van der Waals surface area contributed by atoms with Crippen molar-refractivity contribution in [2.24, 2.45) is 5.73 Å². The number of likely N-dealkylation sites (tertiary alicyclic amines) is 1. The zero-order valence-electron chi connectivity index (χ0n) is 16.2. The number of benzene rings is 2. The Morgan fingerprint density at radius 1 is 1.17 bits per heavy atom. The van der Waals surface area contributed by atoms with Gasteiger partial charge in [0, 0.05) is 23.6 Å². The molecule has 1 atom stereocenters. The third-order valence-electron chi connectivity index (χ3n) is 6.39. The molecule has 4 nitrogen and oxygen atoms in total. The Hall–Kier alpha value is -2.72. The van der Waals surface area contributed by atoms with Gasteiger partial charge in [0.25, 0.3) is 12.6 Å². The SMILES string of the molecule is Cc1ccc(-c2ccc(C(F)(F)C(N)C(=O)N3CCC34CB(C#N)C4)cc2)cc1. The Balaban J connectivity index is 1.49. The first-order chi connectivity index (χ1) is 13.8. The molecule has 29 heavy (non-hydrogen) atoms. The second-order valence-electron chi connectivity index (χ2n) is 8.24. The van der Waals surface area contributed by atoms with Gasteiger partial charge in [0.2, 0.25) is 5.91 Å². The van der Waals surface area contributed by atoms with Gasteiger partial charge in [-0.3, -0.25) is 4.79 Å². The summed E-state index contributed by atoms with van der Waals surface area (Å²) in [5, 5.41) is 8.97. The van der Waals surface area contributed by atoms with Crippen LogP contribution in [-0.2, 0) is 10.7 Å². The molecule has 4 rings (SSSR count). The molecule has 148 valence electrons. The van der Waals surface area contributed by atoms with Crippen molar-refractivity contribution in [3.63, 3.8) is 0 Å². The van der Waals surface area contributed by atoms with Crippen LogP contribution in [0.5, 0.6) is 0 Å². The summed E-state index contributed by atoms with van der Waals surface area (Å²) in [6, 6.07) is 11.8. The molecule has 0 radical (unpaired) electrons. The van der Waals surface area contributed by atoms with Gasteiger partial charge in [-0.2, -0.15) is 8.78 Å². The fraction of sp³-hybridized carbons (Fsp3) is 0.364. The zero-order chi connectivity index (χ0) is 20.8. The summed E-state index contributed by atoms with van der Waals surface area (Å²) < 4.78 is 30.0. The number of alkyl halides is 2. The van der Waals surface area contributed by atoms with Crippen LogP contribution in [0.2, 0.25) is 12.6 Å². The van der Waals surface area contributed by atoms with Gasteiger partial charge in [0.1, 0.15) is 0 Å². The maximum absolute atomic E-state index is 15.0. The largest absolute Gasteiger partial charge is 0.337 e. The van der Waals surface area contributed by atoms with Crippen molar-refractivity contribution < 1.29 is 13.6 Å². The summed E-state index contributed by atoms with van der Waals surface area (Å²) >= 11 is 0. The van der Waals surface area contributed by atoms with Crippen molar-refractivity contribution in [2.75, 3.05) is 6.54 Å². The first kappa shape index (κ1) is 19.6. The van der Waals surface area contributed by atoms with E-state index < -0.39 is 23.4 Å². The Morgan fingerprint density at radius 3 is 2.21 bits per heavy atom. The van der Waals surface area contributed by atoms with Crippen LogP contribution in [0.4, 0.5) is 8.78 Å². The number of nitrogens with two attached hydrogens (primary N) is 1. The average molecular weight is 393 g/mol. The highest BCUT2D eigenvalue weighted by Gasteiger charge is 2.59. The van der Waals surface area contributed by atoms with Crippen molar-refractivity contribution in [3.8, 4) is 17.1 Å². The van der Waals surface area contributed by atoms with E-state index in [4.69, 9.17) is 11.0 Å². The van der Waals surface area contributed by atoms with Gasteiger partial charge in [-0.1, -0.05) is 54.1 Å². The molecule has 2 saturated heterocycles. The van der Waals surface area contributed by atoms with E-state index in [0.29, 0.717) is 19.2 Å². The van der Waals surface area contributed by atoms with Gasteiger partial charge < -0.3 is 10.6 Å². The van der Waals surface area contributed by atoms with Crippen molar-refractivity contribution in [2.45, 2.75) is 43.5 Å². The minimum Gasteiger partial charge on any atom is -0.337 e. The predicted octanol–water partition coefficient (Wildman–Crippen LogP) is 3.62. The summed E-state index contributed by atoms with van der Waals surface area (Å²) in [7, 11) is 0. The van der Waals surface area contributed by atoms with Crippen LogP contribution in [0.15, 0.2) is 48.5 Å². The monoisotopic (exact) mass is 393 g/mol. The summed E-state index contributed by atoms with van der Waals surface area (Å²) in [6.45, 7) is 2.31. The molecule has 2 aromatic rings. The van der Waals surface area contributed by atoms with Crippen LogP contribution in [0, 0.1) is 18.2 Å². The van der Waals surface area contributed by atoms with Gasteiger partial charge in [-0.15, -0.1) is 0 Å². The van der Waals surface area contributed by atoms with Gasteiger partial charge in [0.15, 0.2) is 6.04 Å². The Kier molecular flexibility index (Phi) is 4.70. The molecule has 1 amide bonds. The number of amides is 1. The predicted molar refractivity (Wildman–Crippen MR) is 109 cm³/mol. The van der Waals surface area contributed by atoms with Crippen LogP contribution in [0.3, 0.4) is 0 Å². The topological polar surface area (TPSA) is 70.1 Å². The molecule has 2 heterocycles. The molecule has 0 saturated carbocycles. The quantitative estimate of drug-likeness (QED) is 0.807. The second-order valence-corrected chi connectivity index (χ2v) is 8.24. The van der Waals surface area contributed by atoms with Gasteiger partial charge in [-0.25, -0.2) is 5.26 Å². The van der Waals surface area contributed by atoms with E-state index in [0.717, 1.165) is 23.1 Å². The van der Waals surface area contributed by atoms with Gasteiger partial charge in [-0.05, 0) is 37.1 Å². The molecule has 7 heteroatoms. The van der Waals surface area contributed by atoms with Crippen molar-refractivity contribution >= 4 is 12.6 Å². The van der Waals surface area contributed by atoms with E-state index >= 15 is 0 Å². The Morgan fingerprint density at radius 2 is 1.72 bits per heavy atom. The molecule has 0 aliphatic carbocycles. The fourth-order valence-corrected chi connectivity index (χ4v) is 4.39. The third kappa shape index (κ3) is 3.22. The summed E-state index contributed by atoms with van der Waals surface area (Å²) in [6.07, 6.45) is 1.86. The molecule has 2 fully saturated rings. The number of nitriles is 1. The molecule has 1 unspecified atom stereocenters. The van der Waals surface area contributed by atoms with Crippen LogP contribution < -0.4 is 5.73 Å². The van der Waals surface area contributed by atoms with Gasteiger partial charge >= 0.3 is 0 Å². The lowest BCUT2D eigenvalue weighted by Gasteiger charge is -2.60. The molecule has 2 aliphatic heterocycles. The second kappa shape index (κ2) is 6.96. The van der Waals surface area contributed by atoms with Crippen molar-refractivity contribution in [3.05, 3.63) is 59.7 Å². The first-order valence-electron chi connectivity index (χ1n) is 9.79. The van der Waals surface area contributed by atoms with Crippen molar-refractivity contribution in [1.82, 2.24) is 4.90 Å². The molecule has 1 spiro atoms. The minimum absolute atomic E-state index is 0.100. The number of hydrogen-bond donors (Lipinski definition) is 1. The van der Waals surface area contributed by atoms with Crippen LogP contribution >= 0.6 is 0 Å². The molecular weight excluding hydrogens is 371 g/mol. The maximum atomic E-state index is 15.0. The Labute approximate surface area is 169 Å². The van der Waals surface area contributed by atoms with E-state index in [2.05, 4.69) is 5.97 Å².